The van der Waals surface area contributed by atoms with Gasteiger partial charge in [-0.2, -0.15) is 0 Å². The fraction of sp³-hybridized carbons (Fsp3) is 0.250. The van der Waals surface area contributed by atoms with Crippen molar-refractivity contribution in [2.45, 2.75) is 6.61 Å². The number of amides is 2. The third kappa shape index (κ3) is 4.27. The molecular formula is C20H20N2O4. The van der Waals surface area contributed by atoms with Gasteiger partial charge in [-0.15, -0.1) is 0 Å². The molecular weight excluding hydrogens is 332 g/mol. The number of hydrogen-bond acceptors (Lipinski definition) is 4. The van der Waals surface area contributed by atoms with Gasteiger partial charge in [-0.05, 0) is 42.0 Å². The van der Waals surface area contributed by atoms with E-state index in [4.69, 9.17) is 4.74 Å². The number of benzene rings is 2. The smallest absolute Gasteiger partial charge is 0.253 e. The summed E-state index contributed by atoms with van der Waals surface area (Å²) in [5.74, 6) is 0.663. The summed E-state index contributed by atoms with van der Waals surface area (Å²) in [4.78, 5) is 37.3. The van der Waals surface area contributed by atoms with Crippen LogP contribution in [0.25, 0.3) is 0 Å². The van der Waals surface area contributed by atoms with Crippen LogP contribution < -0.4 is 4.74 Å². The van der Waals surface area contributed by atoms with E-state index in [0.29, 0.717) is 49.7 Å². The van der Waals surface area contributed by atoms with Gasteiger partial charge in [0.1, 0.15) is 18.6 Å². The molecule has 2 aromatic rings. The van der Waals surface area contributed by atoms with E-state index >= 15 is 0 Å². The summed E-state index contributed by atoms with van der Waals surface area (Å²) >= 11 is 0. The molecule has 6 nitrogen and oxygen atoms in total. The first-order valence-electron chi connectivity index (χ1n) is 8.45. The van der Waals surface area contributed by atoms with Crippen LogP contribution in [0.2, 0.25) is 0 Å². The summed E-state index contributed by atoms with van der Waals surface area (Å²) in [5, 5.41) is 0. The van der Waals surface area contributed by atoms with Crippen molar-refractivity contribution < 1.29 is 19.1 Å². The highest BCUT2D eigenvalue weighted by Gasteiger charge is 2.21. The molecule has 134 valence electrons. The number of aldehydes is 1. The number of nitrogens with zero attached hydrogens (tertiary/aromatic N) is 2. The lowest BCUT2D eigenvalue weighted by molar-refractivity contribution is -0.119. The fourth-order valence-corrected chi connectivity index (χ4v) is 2.77. The van der Waals surface area contributed by atoms with Crippen molar-refractivity contribution in [1.29, 1.82) is 0 Å². The molecule has 0 radical (unpaired) electrons. The lowest BCUT2D eigenvalue weighted by atomic mass is 10.1. The highest BCUT2D eigenvalue weighted by atomic mass is 16.5. The Bertz CT molecular complexity index is 763. The molecule has 26 heavy (non-hydrogen) atoms. The lowest BCUT2D eigenvalue weighted by Crippen LogP contribution is -2.48. The van der Waals surface area contributed by atoms with Gasteiger partial charge in [-0.3, -0.25) is 14.4 Å². The van der Waals surface area contributed by atoms with Gasteiger partial charge in [0.15, 0.2) is 0 Å². The monoisotopic (exact) mass is 352 g/mol. The van der Waals surface area contributed by atoms with Crippen LogP contribution in [0.5, 0.6) is 5.75 Å². The Labute approximate surface area is 152 Å². The molecule has 0 N–H and O–H groups in total. The first-order chi connectivity index (χ1) is 12.7. The Morgan fingerprint density at radius 2 is 1.58 bits per heavy atom. The molecule has 0 saturated carbocycles. The van der Waals surface area contributed by atoms with Crippen LogP contribution >= 0.6 is 0 Å². The molecule has 0 atom stereocenters. The maximum Gasteiger partial charge on any atom is 0.253 e. The summed E-state index contributed by atoms with van der Waals surface area (Å²) in [6.45, 7) is 2.64. The maximum atomic E-state index is 12.5. The fourth-order valence-electron chi connectivity index (χ4n) is 2.77. The number of rotatable bonds is 6. The highest BCUT2D eigenvalue weighted by Crippen LogP contribution is 2.15. The van der Waals surface area contributed by atoms with E-state index in [9.17, 15) is 14.4 Å². The largest absolute Gasteiger partial charge is 0.489 e. The van der Waals surface area contributed by atoms with E-state index < -0.39 is 0 Å². The molecule has 1 aliphatic heterocycles. The SMILES string of the molecule is O=Cc1ccc(OCc2ccc(C(=O)N3CCN(C=O)CC3)cc2)cc1. The third-order valence-corrected chi connectivity index (χ3v) is 4.37. The van der Waals surface area contributed by atoms with Gasteiger partial charge in [-0.1, -0.05) is 12.1 Å². The van der Waals surface area contributed by atoms with Crippen LogP contribution in [0.15, 0.2) is 48.5 Å². The average Bonchev–Trinajstić information content (AvgIpc) is 2.72. The third-order valence-electron chi connectivity index (χ3n) is 4.37. The summed E-state index contributed by atoms with van der Waals surface area (Å²) in [6, 6.07) is 14.2. The molecule has 0 unspecified atom stereocenters. The zero-order chi connectivity index (χ0) is 18.4. The minimum atomic E-state index is -0.0209. The second-order valence-corrected chi connectivity index (χ2v) is 6.11. The summed E-state index contributed by atoms with van der Waals surface area (Å²) in [5.41, 5.74) is 2.18. The van der Waals surface area contributed by atoms with Gasteiger partial charge in [0.25, 0.3) is 5.91 Å². The molecule has 6 heteroatoms. The predicted molar refractivity (Wildman–Crippen MR) is 96.1 cm³/mol. The summed E-state index contributed by atoms with van der Waals surface area (Å²) in [6.07, 6.45) is 1.61. The quantitative estimate of drug-likeness (QED) is 0.746. The lowest BCUT2D eigenvalue weighted by Gasteiger charge is -2.32. The molecule has 1 fully saturated rings. The van der Waals surface area contributed by atoms with Gasteiger partial charge < -0.3 is 14.5 Å². The Hall–Kier alpha value is -3.15. The Morgan fingerprint density at radius 3 is 2.15 bits per heavy atom. The van der Waals surface area contributed by atoms with E-state index in [2.05, 4.69) is 0 Å². The predicted octanol–water partition coefficient (Wildman–Crippen LogP) is 1.99. The van der Waals surface area contributed by atoms with Crippen molar-refractivity contribution in [2.24, 2.45) is 0 Å². The maximum absolute atomic E-state index is 12.5. The topological polar surface area (TPSA) is 66.9 Å². The molecule has 3 rings (SSSR count). The Kier molecular flexibility index (Phi) is 5.63. The van der Waals surface area contributed by atoms with Crippen molar-refractivity contribution in [3.05, 3.63) is 65.2 Å². The van der Waals surface area contributed by atoms with Crippen molar-refractivity contribution >= 4 is 18.6 Å². The van der Waals surface area contributed by atoms with Gasteiger partial charge >= 0.3 is 0 Å². The van der Waals surface area contributed by atoms with Crippen LogP contribution in [0.4, 0.5) is 0 Å². The van der Waals surface area contributed by atoms with Crippen LogP contribution in [0, 0.1) is 0 Å². The van der Waals surface area contributed by atoms with Crippen LogP contribution in [-0.2, 0) is 11.4 Å². The zero-order valence-corrected chi connectivity index (χ0v) is 14.3. The molecule has 1 aliphatic rings. The van der Waals surface area contributed by atoms with E-state index in [1.807, 2.05) is 12.1 Å². The van der Waals surface area contributed by atoms with Crippen molar-refractivity contribution in [1.82, 2.24) is 9.80 Å². The highest BCUT2D eigenvalue weighted by molar-refractivity contribution is 5.94. The van der Waals surface area contributed by atoms with Gasteiger partial charge in [0, 0.05) is 37.3 Å². The Morgan fingerprint density at radius 1 is 0.923 bits per heavy atom. The van der Waals surface area contributed by atoms with Crippen LogP contribution in [-0.4, -0.2) is 54.6 Å². The number of carbonyl (C=O) groups excluding carboxylic acids is 3. The van der Waals surface area contributed by atoms with E-state index in [1.54, 1.807) is 46.2 Å². The molecule has 0 bridgehead atoms. The second kappa shape index (κ2) is 8.29. The van der Waals surface area contributed by atoms with Crippen LogP contribution in [0.1, 0.15) is 26.3 Å². The first kappa shape index (κ1) is 17.7. The second-order valence-electron chi connectivity index (χ2n) is 6.11. The first-order valence-corrected chi connectivity index (χ1v) is 8.45. The van der Waals surface area contributed by atoms with Crippen molar-refractivity contribution in [2.75, 3.05) is 26.2 Å². The zero-order valence-electron chi connectivity index (χ0n) is 14.3. The Balaban J connectivity index is 1.55. The number of hydrogen-bond donors (Lipinski definition) is 0. The van der Waals surface area contributed by atoms with E-state index in [-0.39, 0.29) is 5.91 Å². The molecule has 0 aromatic heterocycles. The minimum absolute atomic E-state index is 0.0209. The average molecular weight is 352 g/mol. The van der Waals surface area contributed by atoms with Gasteiger partial charge in [0.05, 0.1) is 0 Å². The minimum Gasteiger partial charge on any atom is -0.489 e. The molecule has 1 heterocycles. The normalized spacial score (nSPS) is 14.0. The molecule has 1 saturated heterocycles. The number of piperazine rings is 1. The molecule has 0 aliphatic carbocycles. The van der Waals surface area contributed by atoms with Crippen LogP contribution in [0.3, 0.4) is 0 Å². The molecule has 0 spiro atoms. The van der Waals surface area contributed by atoms with Gasteiger partial charge in [0.2, 0.25) is 6.41 Å². The molecule has 2 amide bonds. The molecule has 2 aromatic carbocycles. The summed E-state index contributed by atoms with van der Waals surface area (Å²) in [7, 11) is 0. The van der Waals surface area contributed by atoms with E-state index in [0.717, 1.165) is 18.3 Å². The summed E-state index contributed by atoms with van der Waals surface area (Å²) < 4.78 is 5.68. The number of carbonyl (C=O) groups is 3. The van der Waals surface area contributed by atoms with E-state index in [1.165, 1.54) is 0 Å². The standard InChI is InChI=1S/C20H20N2O4/c23-13-16-3-7-19(8-4-16)26-14-17-1-5-18(6-2-17)20(25)22-11-9-21(15-24)10-12-22/h1-8,13,15H,9-12,14H2. The van der Waals surface area contributed by atoms with Crippen molar-refractivity contribution in [3.63, 3.8) is 0 Å². The number of ether oxygens (including phenoxy) is 1. The van der Waals surface area contributed by atoms with Gasteiger partial charge in [-0.25, -0.2) is 0 Å². The van der Waals surface area contributed by atoms with Crippen molar-refractivity contribution in [3.8, 4) is 5.75 Å².